The lowest BCUT2D eigenvalue weighted by molar-refractivity contribution is -0.125. The summed E-state index contributed by atoms with van der Waals surface area (Å²) in [5.74, 6) is 0.461. The summed E-state index contributed by atoms with van der Waals surface area (Å²) in [5.41, 5.74) is 4.15. The van der Waals surface area contributed by atoms with Crippen LogP contribution < -0.4 is 20.8 Å². The van der Waals surface area contributed by atoms with E-state index < -0.39 is 6.10 Å². The second kappa shape index (κ2) is 7.31. The number of nitrogens with zero attached hydrogens (tertiary/aromatic N) is 3. The molecule has 2 heterocycles. The first-order valence-electron chi connectivity index (χ1n) is 7.64. The zero-order valence-corrected chi connectivity index (χ0v) is 13.4. The van der Waals surface area contributed by atoms with Crippen LogP contribution >= 0.6 is 0 Å². The van der Waals surface area contributed by atoms with E-state index in [0.29, 0.717) is 17.3 Å². The lowest BCUT2D eigenvalue weighted by Gasteiger charge is -2.15. The van der Waals surface area contributed by atoms with Crippen molar-refractivity contribution in [2.45, 2.75) is 19.2 Å². The molecule has 0 radical (unpaired) electrons. The van der Waals surface area contributed by atoms with E-state index >= 15 is 0 Å². The van der Waals surface area contributed by atoms with E-state index in [4.69, 9.17) is 10.00 Å². The number of carbonyl (C=O) groups excluding carboxylic acids is 1. The van der Waals surface area contributed by atoms with Crippen molar-refractivity contribution in [3.8, 4) is 11.8 Å². The van der Waals surface area contributed by atoms with E-state index in [0.717, 1.165) is 5.69 Å². The van der Waals surface area contributed by atoms with Crippen molar-refractivity contribution in [1.82, 2.24) is 21.0 Å². The fraction of sp³-hybridized carbons (Fsp3) is 0.176. The number of hydrazone groups is 1. The van der Waals surface area contributed by atoms with Gasteiger partial charge in [0.1, 0.15) is 5.75 Å². The summed E-state index contributed by atoms with van der Waals surface area (Å²) < 4.78 is 5.56. The zero-order chi connectivity index (χ0) is 17.6. The molecule has 1 amide bonds. The first kappa shape index (κ1) is 16.3. The van der Waals surface area contributed by atoms with Crippen LogP contribution in [0.5, 0.6) is 5.75 Å². The molecule has 1 aromatic carbocycles. The fourth-order valence-corrected chi connectivity index (χ4v) is 2.17. The minimum Gasteiger partial charge on any atom is -0.481 e. The van der Waals surface area contributed by atoms with Gasteiger partial charge in [-0.3, -0.25) is 20.5 Å². The summed E-state index contributed by atoms with van der Waals surface area (Å²) in [5, 5.41) is 18.5. The van der Waals surface area contributed by atoms with Gasteiger partial charge in [-0.15, -0.1) is 5.10 Å². The summed E-state index contributed by atoms with van der Waals surface area (Å²) >= 11 is 0. The minimum absolute atomic E-state index is 0.300. The second-order valence-corrected chi connectivity index (χ2v) is 5.31. The molecule has 0 aliphatic carbocycles. The van der Waals surface area contributed by atoms with Crippen LogP contribution in [0.25, 0.3) is 0 Å². The number of guanidine groups is 1. The number of aromatic nitrogens is 1. The summed E-state index contributed by atoms with van der Waals surface area (Å²) in [6.07, 6.45) is 0.653. The van der Waals surface area contributed by atoms with Crippen molar-refractivity contribution in [3.05, 3.63) is 59.9 Å². The van der Waals surface area contributed by atoms with E-state index in [-0.39, 0.29) is 12.1 Å². The quantitative estimate of drug-likeness (QED) is 0.768. The Morgan fingerprint density at radius 2 is 2.12 bits per heavy atom. The van der Waals surface area contributed by atoms with Crippen molar-refractivity contribution in [3.63, 3.8) is 0 Å². The molecule has 1 aromatic heterocycles. The van der Waals surface area contributed by atoms with Gasteiger partial charge < -0.3 is 10.1 Å². The van der Waals surface area contributed by atoms with E-state index in [2.05, 4.69) is 26.1 Å². The van der Waals surface area contributed by atoms with Crippen LogP contribution in [-0.4, -0.2) is 23.0 Å². The molecule has 0 saturated heterocycles. The molecule has 3 N–H and O–H groups in total. The van der Waals surface area contributed by atoms with Gasteiger partial charge in [0.15, 0.2) is 12.3 Å². The predicted molar refractivity (Wildman–Crippen MR) is 90.1 cm³/mol. The van der Waals surface area contributed by atoms with Crippen molar-refractivity contribution in [2.24, 2.45) is 5.10 Å². The summed E-state index contributed by atoms with van der Waals surface area (Å²) in [6, 6.07) is 14.1. The monoisotopic (exact) mass is 336 g/mol. The highest BCUT2D eigenvalue weighted by atomic mass is 16.5. The van der Waals surface area contributed by atoms with Crippen molar-refractivity contribution >= 4 is 11.9 Å². The lowest BCUT2D eigenvalue weighted by Crippen LogP contribution is -2.45. The third-order valence-corrected chi connectivity index (χ3v) is 3.48. The SMILES string of the molecule is CC(Oc1ccc(C#N)cc1)C(=O)NC1=NNC(c2ccccn2)N1. The number of hydrogen-bond donors (Lipinski definition) is 3. The van der Waals surface area contributed by atoms with E-state index in [9.17, 15) is 4.79 Å². The molecule has 0 saturated carbocycles. The molecule has 2 aromatic rings. The fourth-order valence-electron chi connectivity index (χ4n) is 2.17. The zero-order valence-electron chi connectivity index (χ0n) is 13.4. The largest absolute Gasteiger partial charge is 0.481 e. The molecular formula is C17H16N6O2. The Bertz CT molecular complexity index is 813. The highest BCUT2D eigenvalue weighted by Crippen LogP contribution is 2.14. The number of nitriles is 1. The van der Waals surface area contributed by atoms with Crippen LogP contribution in [0.3, 0.4) is 0 Å². The molecule has 1 aliphatic rings. The van der Waals surface area contributed by atoms with E-state index in [1.165, 1.54) is 0 Å². The average molecular weight is 336 g/mol. The Morgan fingerprint density at radius 3 is 2.80 bits per heavy atom. The molecule has 2 unspecified atom stereocenters. The van der Waals surface area contributed by atoms with Crippen LogP contribution in [0.2, 0.25) is 0 Å². The van der Waals surface area contributed by atoms with Crippen LogP contribution in [0, 0.1) is 11.3 Å². The Kier molecular flexibility index (Phi) is 4.76. The first-order valence-corrected chi connectivity index (χ1v) is 7.64. The predicted octanol–water partition coefficient (Wildman–Crippen LogP) is 0.999. The highest BCUT2D eigenvalue weighted by Gasteiger charge is 2.23. The maximum atomic E-state index is 12.2. The molecule has 0 fully saturated rings. The normalized spacial score (nSPS) is 16.6. The van der Waals surface area contributed by atoms with Gasteiger partial charge in [0.05, 0.1) is 17.3 Å². The molecule has 25 heavy (non-hydrogen) atoms. The third-order valence-electron chi connectivity index (χ3n) is 3.48. The molecule has 8 nitrogen and oxygen atoms in total. The number of pyridine rings is 1. The number of nitrogens with one attached hydrogen (secondary N) is 3. The number of hydrogen-bond acceptors (Lipinski definition) is 7. The molecular weight excluding hydrogens is 320 g/mol. The smallest absolute Gasteiger partial charge is 0.267 e. The minimum atomic E-state index is -0.730. The molecule has 8 heteroatoms. The number of amides is 1. The number of rotatable bonds is 4. The van der Waals surface area contributed by atoms with Crippen LogP contribution in [0.4, 0.5) is 0 Å². The van der Waals surface area contributed by atoms with Crippen LogP contribution in [0.1, 0.15) is 24.3 Å². The standard InChI is InChI=1S/C17H16N6O2/c1-11(25-13-7-5-12(10-18)6-8-13)16(24)21-17-20-15(22-23-17)14-4-2-3-9-19-14/h2-9,11,15,22H,1H3,(H2,20,21,23,24). The van der Waals surface area contributed by atoms with Crippen molar-refractivity contribution in [2.75, 3.05) is 0 Å². The summed E-state index contributed by atoms with van der Waals surface area (Å²) in [7, 11) is 0. The van der Waals surface area contributed by atoms with Gasteiger partial charge in [-0.25, -0.2) is 0 Å². The van der Waals surface area contributed by atoms with E-state index in [1.54, 1.807) is 37.4 Å². The maximum absolute atomic E-state index is 12.2. The van der Waals surface area contributed by atoms with Gasteiger partial charge >= 0.3 is 0 Å². The van der Waals surface area contributed by atoms with Crippen LogP contribution in [-0.2, 0) is 4.79 Å². The van der Waals surface area contributed by atoms with Crippen LogP contribution in [0.15, 0.2) is 53.8 Å². The Balaban J connectivity index is 1.52. The molecule has 126 valence electrons. The Morgan fingerprint density at radius 1 is 1.32 bits per heavy atom. The van der Waals surface area contributed by atoms with Gasteiger partial charge in [-0.2, -0.15) is 5.26 Å². The van der Waals surface area contributed by atoms with E-state index in [1.807, 2.05) is 24.3 Å². The number of benzene rings is 1. The van der Waals surface area contributed by atoms with Gasteiger partial charge in [0.2, 0.25) is 5.96 Å². The van der Waals surface area contributed by atoms with Gasteiger partial charge in [-0.05, 0) is 43.3 Å². The summed E-state index contributed by atoms with van der Waals surface area (Å²) in [6.45, 7) is 1.63. The second-order valence-electron chi connectivity index (χ2n) is 5.31. The van der Waals surface area contributed by atoms with Gasteiger partial charge in [-0.1, -0.05) is 6.07 Å². The molecule has 3 rings (SSSR count). The molecule has 1 aliphatic heterocycles. The Labute approximate surface area is 144 Å². The number of carbonyl (C=O) groups is 1. The van der Waals surface area contributed by atoms with Crippen molar-refractivity contribution in [1.29, 1.82) is 5.26 Å². The first-order chi connectivity index (χ1) is 12.2. The molecule has 2 atom stereocenters. The highest BCUT2D eigenvalue weighted by molar-refractivity contribution is 5.99. The van der Waals surface area contributed by atoms with Crippen molar-refractivity contribution < 1.29 is 9.53 Å². The maximum Gasteiger partial charge on any atom is 0.267 e. The average Bonchev–Trinajstić information content (AvgIpc) is 3.11. The van der Waals surface area contributed by atoms with Gasteiger partial charge in [0, 0.05) is 6.20 Å². The van der Waals surface area contributed by atoms with Gasteiger partial charge in [0.25, 0.3) is 5.91 Å². The topological polar surface area (TPSA) is 111 Å². The summed E-state index contributed by atoms with van der Waals surface area (Å²) in [4.78, 5) is 16.4. The third kappa shape index (κ3) is 4.03. The molecule has 0 spiro atoms. The Hall–Kier alpha value is -3.60. The molecule has 0 bridgehead atoms. The lowest BCUT2D eigenvalue weighted by atomic mass is 10.2. The number of ether oxygens (including phenoxy) is 1.